The van der Waals surface area contributed by atoms with E-state index >= 15 is 0 Å². The molecule has 1 N–H and O–H groups in total. The average molecular weight is 315 g/mol. The number of ether oxygens (including phenoxy) is 1. The topological polar surface area (TPSA) is 81.5 Å². The van der Waals surface area contributed by atoms with Gasteiger partial charge in [-0.05, 0) is 18.6 Å². The molecule has 96 valence electrons. The summed E-state index contributed by atoms with van der Waals surface area (Å²) < 4.78 is 5.90. The Labute approximate surface area is 112 Å². The van der Waals surface area contributed by atoms with Gasteiger partial charge < -0.3 is 10.1 Å². The standard InChI is InChI=1S/C11H11BrN2O4/c1-6-11(13-10(15)5-18-6)7-2-8(12)4-9(3-7)14(16)17/h2-4,6,11H,5H2,1H3,(H,13,15). The maximum atomic E-state index is 11.3. The molecule has 0 radical (unpaired) electrons. The largest absolute Gasteiger partial charge is 0.366 e. The molecule has 1 aliphatic heterocycles. The molecule has 2 unspecified atom stereocenters. The number of morpholine rings is 1. The number of carbonyl (C=O) groups is 1. The molecule has 6 nitrogen and oxygen atoms in total. The minimum absolute atomic E-state index is 0.0216. The number of non-ortho nitro benzene ring substituents is 1. The van der Waals surface area contributed by atoms with Crippen molar-refractivity contribution in [3.63, 3.8) is 0 Å². The summed E-state index contributed by atoms with van der Waals surface area (Å²) >= 11 is 3.23. The van der Waals surface area contributed by atoms with Crippen LogP contribution in [0.3, 0.4) is 0 Å². The van der Waals surface area contributed by atoms with Crippen LogP contribution in [0.1, 0.15) is 18.5 Å². The molecule has 0 aliphatic carbocycles. The number of halogens is 1. The number of nitrogens with one attached hydrogen (secondary N) is 1. The summed E-state index contributed by atoms with van der Waals surface area (Å²) in [6, 6.07) is 4.23. The summed E-state index contributed by atoms with van der Waals surface area (Å²) in [6.07, 6.45) is -0.225. The van der Waals surface area contributed by atoms with E-state index in [1.54, 1.807) is 6.07 Å². The van der Waals surface area contributed by atoms with Crippen molar-refractivity contribution in [3.05, 3.63) is 38.3 Å². The van der Waals surface area contributed by atoms with Crippen LogP contribution in [0, 0.1) is 10.1 Å². The Morgan fingerprint density at radius 2 is 2.22 bits per heavy atom. The van der Waals surface area contributed by atoms with Crippen LogP contribution < -0.4 is 5.32 Å². The summed E-state index contributed by atoms with van der Waals surface area (Å²) in [6.45, 7) is 1.84. The third kappa shape index (κ3) is 2.68. The lowest BCUT2D eigenvalue weighted by Gasteiger charge is -2.30. The molecule has 0 saturated carbocycles. The van der Waals surface area contributed by atoms with Crippen molar-refractivity contribution in [1.29, 1.82) is 0 Å². The number of nitro groups is 1. The van der Waals surface area contributed by atoms with E-state index < -0.39 is 4.92 Å². The van der Waals surface area contributed by atoms with Crippen LogP contribution in [0.25, 0.3) is 0 Å². The molecule has 1 aromatic carbocycles. The summed E-state index contributed by atoms with van der Waals surface area (Å²) in [4.78, 5) is 21.6. The molecular formula is C11H11BrN2O4. The van der Waals surface area contributed by atoms with Crippen molar-refractivity contribution in [2.45, 2.75) is 19.1 Å². The first-order chi connectivity index (χ1) is 8.47. The zero-order chi connectivity index (χ0) is 13.3. The van der Waals surface area contributed by atoms with Crippen molar-refractivity contribution < 1.29 is 14.5 Å². The average Bonchev–Trinajstić information content (AvgIpc) is 2.31. The second kappa shape index (κ2) is 5.03. The highest BCUT2D eigenvalue weighted by Gasteiger charge is 2.28. The highest BCUT2D eigenvalue weighted by Crippen LogP contribution is 2.29. The van der Waals surface area contributed by atoms with Gasteiger partial charge in [0.15, 0.2) is 0 Å². The lowest BCUT2D eigenvalue weighted by atomic mass is 10.0. The van der Waals surface area contributed by atoms with E-state index in [1.165, 1.54) is 12.1 Å². The fraction of sp³-hybridized carbons (Fsp3) is 0.364. The Hall–Kier alpha value is -1.47. The highest BCUT2D eigenvalue weighted by molar-refractivity contribution is 9.10. The van der Waals surface area contributed by atoms with Gasteiger partial charge in [0, 0.05) is 16.6 Å². The summed E-state index contributed by atoms with van der Waals surface area (Å²) in [5.74, 6) is -0.222. The third-order valence-electron chi connectivity index (χ3n) is 2.74. The van der Waals surface area contributed by atoms with Gasteiger partial charge in [0.1, 0.15) is 6.61 Å². The maximum Gasteiger partial charge on any atom is 0.270 e. The Morgan fingerprint density at radius 1 is 1.50 bits per heavy atom. The van der Waals surface area contributed by atoms with Crippen molar-refractivity contribution in [2.75, 3.05) is 6.61 Å². The number of amides is 1. The SMILES string of the molecule is CC1OCC(=O)NC1c1cc(Br)cc([N+](=O)[O-])c1. The number of hydrogen-bond donors (Lipinski definition) is 1. The van der Waals surface area contributed by atoms with E-state index in [4.69, 9.17) is 4.74 Å². The minimum atomic E-state index is -0.468. The van der Waals surface area contributed by atoms with Gasteiger partial charge in [-0.15, -0.1) is 0 Å². The predicted molar refractivity (Wildman–Crippen MR) is 67.1 cm³/mol. The lowest BCUT2D eigenvalue weighted by molar-refractivity contribution is -0.385. The van der Waals surface area contributed by atoms with Crippen LogP contribution in [0.15, 0.2) is 22.7 Å². The molecule has 1 aromatic rings. The van der Waals surface area contributed by atoms with E-state index in [2.05, 4.69) is 21.2 Å². The Kier molecular flexibility index (Phi) is 3.63. The predicted octanol–water partition coefficient (Wildman–Crippen LogP) is 1.93. The van der Waals surface area contributed by atoms with Crippen LogP contribution in [0.2, 0.25) is 0 Å². The molecular weight excluding hydrogens is 304 g/mol. The monoisotopic (exact) mass is 314 g/mol. The van der Waals surface area contributed by atoms with Crippen LogP contribution in [0.4, 0.5) is 5.69 Å². The minimum Gasteiger partial charge on any atom is -0.366 e. The number of hydrogen-bond acceptors (Lipinski definition) is 4. The first-order valence-corrected chi connectivity index (χ1v) is 6.12. The van der Waals surface area contributed by atoms with Crippen LogP contribution in [-0.2, 0) is 9.53 Å². The van der Waals surface area contributed by atoms with Gasteiger partial charge in [0.25, 0.3) is 5.69 Å². The molecule has 0 spiro atoms. The number of benzene rings is 1. The van der Waals surface area contributed by atoms with Crippen molar-refractivity contribution >= 4 is 27.5 Å². The summed E-state index contributed by atoms with van der Waals surface area (Å²) in [5.41, 5.74) is 0.628. The van der Waals surface area contributed by atoms with E-state index in [0.29, 0.717) is 10.0 Å². The van der Waals surface area contributed by atoms with Crippen LogP contribution in [0.5, 0.6) is 0 Å². The Balaban J connectivity index is 2.37. The van der Waals surface area contributed by atoms with Crippen molar-refractivity contribution in [3.8, 4) is 0 Å². The van der Waals surface area contributed by atoms with E-state index in [1.807, 2.05) is 6.92 Å². The zero-order valence-corrected chi connectivity index (χ0v) is 11.1. The third-order valence-corrected chi connectivity index (χ3v) is 3.20. The second-order valence-corrected chi connectivity index (χ2v) is 4.98. The molecule has 18 heavy (non-hydrogen) atoms. The van der Waals surface area contributed by atoms with E-state index in [9.17, 15) is 14.9 Å². The zero-order valence-electron chi connectivity index (χ0n) is 9.55. The van der Waals surface area contributed by atoms with Gasteiger partial charge in [-0.2, -0.15) is 0 Å². The first-order valence-electron chi connectivity index (χ1n) is 5.33. The molecule has 0 aromatic heterocycles. The van der Waals surface area contributed by atoms with Crippen molar-refractivity contribution in [1.82, 2.24) is 5.32 Å². The highest BCUT2D eigenvalue weighted by atomic mass is 79.9. The maximum absolute atomic E-state index is 11.3. The fourth-order valence-electron chi connectivity index (χ4n) is 1.87. The molecule has 1 saturated heterocycles. The molecule has 1 heterocycles. The molecule has 1 aliphatic rings. The van der Waals surface area contributed by atoms with Crippen molar-refractivity contribution in [2.24, 2.45) is 0 Å². The number of nitro benzene ring substituents is 1. The Morgan fingerprint density at radius 3 is 2.89 bits per heavy atom. The first kappa shape index (κ1) is 13.0. The number of rotatable bonds is 2. The van der Waals surface area contributed by atoms with Gasteiger partial charge in [-0.3, -0.25) is 14.9 Å². The van der Waals surface area contributed by atoms with Gasteiger partial charge in [0.05, 0.1) is 17.1 Å². The molecule has 2 rings (SSSR count). The molecule has 7 heteroatoms. The quantitative estimate of drug-likeness (QED) is 0.668. The van der Waals surface area contributed by atoms with Crippen LogP contribution >= 0.6 is 15.9 Å². The lowest BCUT2D eigenvalue weighted by Crippen LogP contribution is -2.44. The van der Waals surface area contributed by atoms with E-state index in [0.717, 1.165) is 0 Å². The number of carbonyl (C=O) groups excluding carboxylic acids is 1. The Bertz CT molecular complexity index is 506. The summed E-state index contributed by atoms with van der Waals surface area (Å²) in [5, 5.41) is 13.6. The fourth-order valence-corrected chi connectivity index (χ4v) is 2.37. The normalized spacial score (nSPS) is 23.6. The van der Waals surface area contributed by atoms with Gasteiger partial charge in [0.2, 0.25) is 5.91 Å². The second-order valence-electron chi connectivity index (χ2n) is 4.06. The summed E-state index contributed by atoms with van der Waals surface area (Å²) in [7, 11) is 0. The smallest absolute Gasteiger partial charge is 0.270 e. The van der Waals surface area contributed by atoms with E-state index in [-0.39, 0.29) is 30.3 Å². The molecule has 0 bridgehead atoms. The van der Waals surface area contributed by atoms with Gasteiger partial charge in [-0.1, -0.05) is 15.9 Å². The van der Waals surface area contributed by atoms with Gasteiger partial charge >= 0.3 is 0 Å². The molecule has 1 fully saturated rings. The van der Waals surface area contributed by atoms with Gasteiger partial charge in [-0.25, -0.2) is 0 Å². The van der Waals surface area contributed by atoms with Crippen LogP contribution in [-0.4, -0.2) is 23.5 Å². The molecule has 1 amide bonds. The molecule has 2 atom stereocenters. The number of nitrogens with zero attached hydrogens (tertiary/aromatic N) is 1.